The zero-order valence-corrected chi connectivity index (χ0v) is 13.5. The van der Waals surface area contributed by atoms with Gasteiger partial charge in [-0.3, -0.25) is 9.69 Å². The van der Waals surface area contributed by atoms with Crippen LogP contribution in [0.15, 0.2) is 12.1 Å². The summed E-state index contributed by atoms with van der Waals surface area (Å²) in [6, 6.07) is 1.90. The highest BCUT2D eigenvalue weighted by atomic mass is 19.4. The Morgan fingerprint density at radius 3 is 2.57 bits per heavy atom. The summed E-state index contributed by atoms with van der Waals surface area (Å²) in [4.78, 5) is 13.4. The van der Waals surface area contributed by atoms with Crippen molar-refractivity contribution in [2.45, 2.75) is 38.4 Å². The second kappa shape index (κ2) is 6.78. The molecule has 1 N–H and O–H groups in total. The number of methoxy groups -OCH3 is 1. The Labute approximate surface area is 133 Å². The molecule has 1 aliphatic heterocycles. The molecule has 0 bridgehead atoms. The summed E-state index contributed by atoms with van der Waals surface area (Å²) >= 11 is 0. The molecule has 1 atom stereocenters. The van der Waals surface area contributed by atoms with Crippen LogP contribution in [0.2, 0.25) is 0 Å². The van der Waals surface area contributed by atoms with Crippen molar-refractivity contribution in [3.05, 3.63) is 23.3 Å². The van der Waals surface area contributed by atoms with Gasteiger partial charge in [0.2, 0.25) is 5.91 Å². The second-order valence-corrected chi connectivity index (χ2v) is 5.82. The lowest BCUT2D eigenvalue weighted by molar-refractivity contribution is -0.137. The summed E-state index contributed by atoms with van der Waals surface area (Å²) in [5.41, 5.74) is -0.256. The summed E-state index contributed by atoms with van der Waals surface area (Å²) < 4.78 is 45.0. The number of likely N-dealkylation sites (tertiary alicyclic amines) is 1. The lowest BCUT2D eigenvalue weighted by Gasteiger charge is -2.34. The molecule has 1 aromatic rings. The van der Waals surface area contributed by atoms with Gasteiger partial charge >= 0.3 is 6.18 Å². The Balaban J connectivity index is 2.59. The van der Waals surface area contributed by atoms with Gasteiger partial charge in [0.1, 0.15) is 5.75 Å². The van der Waals surface area contributed by atoms with E-state index >= 15 is 0 Å². The molecule has 0 saturated carbocycles. The van der Waals surface area contributed by atoms with Crippen LogP contribution in [0.4, 0.5) is 18.9 Å². The number of piperidine rings is 1. The average molecular weight is 330 g/mol. The van der Waals surface area contributed by atoms with E-state index in [0.29, 0.717) is 11.3 Å². The normalized spacial score (nSPS) is 19.5. The maximum atomic E-state index is 13.2. The summed E-state index contributed by atoms with van der Waals surface area (Å²) in [7, 11) is 3.29. The zero-order chi connectivity index (χ0) is 17.2. The number of rotatable bonds is 3. The number of benzene rings is 1. The molecule has 1 aliphatic rings. The van der Waals surface area contributed by atoms with E-state index in [1.807, 2.05) is 11.9 Å². The number of ether oxygens (including phenoxy) is 1. The molecule has 1 fully saturated rings. The van der Waals surface area contributed by atoms with Gasteiger partial charge in [0, 0.05) is 18.5 Å². The van der Waals surface area contributed by atoms with Gasteiger partial charge in [0.25, 0.3) is 0 Å². The van der Waals surface area contributed by atoms with Crippen LogP contribution in [0.5, 0.6) is 5.75 Å². The van der Waals surface area contributed by atoms with Crippen LogP contribution in [0.3, 0.4) is 0 Å². The van der Waals surface area contributed by atoms with E-state index in [4.69, 9.17) is 4.74 Å². The van der Waals surface area contributed by atoms with Crippen LogP contribution < -0.4 is 10.1 Å². The molecule has 0 radical (unpaired) electrons. The van der Waals surface area contributed by atoms with Gasteiger partial charge in [0.15, 0.2) is 0 Å². The molecule has 4 nitrogen and oxygen atoms in total. The first-order valence-corrected chi connectivity index (χ1v) is 7.51. The van der Waals surface area contributed by atoms with Crippen molar-refractivity contribution in [3.63, 3.8) is 0 Å². The topological polar surface area (TPSA) is 41.6 Å². The second-order valence-electron chi connectivity index (χ2n) is 5.82. The number of alkyl halides is 3. The maximum absolute atomic E-state index is 13.2. The number of hydrogen-bond donors (Lipinski definition) is 1. The van der Waals surface area contributed by atoms with Gasteiger partial charge < -0.3 is 10.1 Å². The quantitative estimate of drug-likeness (QED) is 0.916. The van der Waals surface area contributed by atoms with Crippen molar-refractivity contribution in [2.24, 2.45) is 0 Å². The van der Waals surface area contributed by atoms with E-state index in [1.54, 1.807) is 0 Å². The monoisotopic (exact) mass is 330 g/mol. The third-order valence-electron chi connectivity index (χ3n) is 4.09. The fourth-order valence-electron chi connectivity index (χ4n) is 3.04. The summed E-state index contributed by atoms with van der Waals surface area (Å²) in [5, 5.41) is 2.45. The highest BCUT2D eigenvalue weighted by molar-refractivity contribution is 5.91. The van der Waals surface area contributed by atoms with Gasteiger partial charge in [0.05, 0.1) is 18.4 Å². The standard InChI is InChI=1S/C16H21F3N2O2/c1-10(22)20-13-9-11(16(17,18)19)8-12(15(13)23-3)14-6-4-5-7-21(14)2/h8-9,14H,4-7H2,1-3H3,(H,20,22). The number of nitrogens with zero attached hydrogens (tertiary/aromatic N) is 1. The van der Waals surface area contributed by atoms with Crippen molar-refractivity contribution in [3.8, 4) is 5.75 Å². The summed E-state index contributed by atoms with van der Waals surface area (Å²) in [6.07, 6.45) is -1.76. The van der Waals surface area contributed by atoms with Crippen LogP contribution in [0.25, 0.3) is 0 Å². The number of carbonyl (C=O) groups is 1. The minimum absolute atomic E-state index is 0.0591. The Kier molecular flexibility index (Phi) is 5.19. The van der Waals surface area contributed by atoms with Crippen LogP contribution in [-0.4, -0.2) is 31.5 Å². The van der Waals surface area contributed by atoms with Crippen molar-refractivity contribution in [1.29, 1.82) is 0 Å². The molecule has 0 aliphatic carbocycles. The fourth-order valence-corrected chi connectivity index (χ4v) is 3.04. The molecule has 7 heteroatoms. The van der Waals surface area contributed by atoms with Gasteiger partial charge in [-0.2, -0.15) is 13.2 Å². The third-order valence-corrected chi connectivity index (χ3v) is 4.09. The lowest BCUT2D eigenvalue weighted by Crippen LogP contribution is -2.30. The summed E-state index contributed by atoms with van der Waals surface area (Å²) in [5.74, 6) is -0.141. The van der Waals surface area contributed by atoms with E-state index in [2.05, 4.69) is 5.32 Å². The van der Waals surface area contributed by atoms with Crippen molar-refractivity contribution >= 4 is 11.6 Å². The Hall–Kier alpha value is -1.76. The number of amides is 1. The van der Waals surface area contributed by atoms with Gasteiger partial charge in [-0.05, 0) is 38.6 Å². The van der Waals surface area contributed by atoms with Crippen molar-refractivity contribution in [1.82, 2.24) is 4.90 Å². The van der Waals surface area contributed by atoms with Crippen LogP contribution in [0, 0.1) is 0 Å². The minimum Gasteiger partial charge on any atom is -0.494 e. The van der Waals surface area contributed by atoms with E-state index < -0.39 is 17.6 Å². The average Bonchev–Trinajstić information content (AvgIpc) is 2.45. The molecule has 0 aromatic heterocycles. The SMILES string of the molecule is COc1c(NC(C)=O)cc(C(F)(F)F)cc1C1CCCCN1C. The fraction of sp³-hybridized carbons (Fsp3) is 0.562. The highest BCUT2D eigenvalue weighted by Crippen LogP contribution is 2.43. The number of nitrogens with one attached hydrogen (secondary N) is 1. The Morgan fingerprint density at radius 1 is 1.35 bits per heavy atom. The summed E-state index contributed by atoms with van der Waals surface area (Å²) in [6.45, 7) is 2.08. The third kappa shape index (κ3) is 3.96. The smallest absolute Gasteiger partial charge is 0.416 e. The molecule has 2 rings (SSSR count). The molecular formula is C16H21F3N2O2. The first-order valence-electron chi connectivity index (χ1n) is 7.51. The molecule has 1 amide bonds. The molecule has 1 unspecified atom stereocenters. The molecule has 0 spiro atoms. The van der Waals surface area contributed by atoms with E-state index in [0.717, 1.165) is 37.9 Å². The molecule has 1 heterocycles. The predicted molar refractivity (Wildman–Crippen MR) is 81.5 cm³/mol. The maximum Gasteiger partial charge on any atom is 0.416 e. The minimum atomic E-state index is -4.48. The molecule has 1 saturated heterocycles. The first kappa shape index (κ1) is 17.6. The van der Waals surface area contributed by atoms with Crippen molar-refractivity contribution in [2.75, 3.05) is 26.0 Å². The van der Waals surface area contributed by atoms with Gasteiger partial charge in [-0.1, -0.05) is 6.42 Å². The van der Waals surface area contributed by atoms with Gasteiger partial charge in [-0.25, -0.2) is 0 Å². The van der Waals surface area contributed by atoms with Crippen LogP contribution in [-0.2, 0) is 11.0 Å². The van der Waals surface area contributed by atoms with Crippen molar-refractivity contribution < 1.29 is 22.7 Å². The number of carbonyl (C=O) groups excluding carboxylic acids is 1. The van der Waals surface area contributed by atoms with Crippen LogP contribution in [0.1, 0.15) is 43.4 Å². The lowest BCUT2D eigenvalue weighted by atomic mass is 9.93. The molecule has 1 aromatic carbocycles. The molecule has 128 valence electrons. The predicted octanol–water partition coefficient (Wildman–Crippen LogP) is 3.83. The zero-order valence-electron chi connectivity index (χ0n) is 13.5. The number of anilines is 1. The van der Waals surface area contributed by atoms with Crippen LogP contribution >= 0.6 is 0 Å². The molecular weight excluding hydrogens is 309 g/mol. The van der Waals surface area contributed by atoms with E-state index in [9.17, 15) is 18.0 Å². The first-order chi connectivity index (χ1) is 10.7. The van der Waals surface area contributed by atoms with Gasteiger partial charge in [-0.15, -0.1) is 0 Å². The Morgan fingerprint density at radius 2 is 2.04 bits per heavy atom. The number of hydrogen-bond acceptors (Lipinski definition) is 3. The molecule has 23 heavy (non-hydrogen) atoms. The van der Waals surface area contributed by atoms with E-state index in [1.165, 1.54) is 14.0 Å². The highest BCUT2D eigenvalue weighted by Gasteiger charge is 2.35. The number of halogens is 3. The Bertz CT molecular complexity index is 587. The van der Waals surface area contributed by atoms with E-state index in [-0.39, 0.29) is 11.7 Å². The largest absolute Gasteiger partial charge is 0.494 e.